The lowest BCUT2D eigenvalue weighted by Gasteiger charge is -2.47. The molecule has 2 bridgehead atoms. The van der Waals surface area contributed by atoms with Crippen LogP contribution in [0, 0.1) is 6.92 Å². The molecule has 0 aromatic heterocycles. The maximum atomic E-state index is 14.2. The first-order valence-corrected chi connectivity index (χ1v) is 14.2. The van der Waals surface area contributed by atoms with Gasteiger partial charge in [0.05, 0.1) is 23.8 Å². The number of hydrogen-bond acceptors (Lipinski definition) is 3. The summed E-state index contributed by atoms with van der Waals surface area (Å²) in [4.78, 5) is 47.8. The van der Waals surface area contributed by atoms with Crippen LogP contribution < -0.4 is 4.90 Å². The number of carbonyl (C=O) groups is 3. The number of amides is 4. The lowest BCUT2D eigenvalue weighted by Crippen LogP contribution is -2.67. The summed E-state index contributed by atoms with van der Waals surface area (Å²) in [5.41, 5.74) is 3.59. The average molecular weight is 543 g/mol. The number of benzene rings is 2. The first-order valence-electron chi connectivity index (χ1n) is 14.2. The van der Waals surface area contributed by atoms with Crippen LogP contribution in [0.5, 0.6) is 0 Å². The second kappa shape index (κ2) is 11.6. The quantitative estimate of drug-likeness (QED) is 0.473. The topological polar surface area (TPSA) is 84.4 Å². The van der Waals surface area contributed by atoms with E-state index in [4.69, 9.17) is 0 Å². The fourth-order valence-electron chi connectivity index (χ4n) is 6.57. The molecule has 1 N–H and O–H groups in total. The Morgan fingerprint density at radius 3 is 2.33 bits per heavy atom. The summed E-state index contributed by atoms with van der Waals surface area (Å²) in [5.74, 6) is -1.09. The summed E-state index contributed by atoms with van der Waals surface area (Å²) < 4.78 is 0. The van der Waals surface area contributed by atoms with Crippen LogP contribution in [0.2, 0.25) is 0 Å². The number of para-hydroxylation sites is 1. The Labute approximate surface area is 236 Å². The van der Waals surface area contributed by atoms with Crippen LogP contribution >= 0.6 is 0 Å². The zero-order valence-corrected chi connectivity index (χ0v) is 23.4. The zero-order chi connectivity index (χ0) is 28.4. The van der Waals surface area contributed by atoms with E-state index >= 15 is 0 Å². The van der Waals surface area contributed by atoms with Gasteiger partial charge < -0.3 is 19.8 Å². The number of nitrogens with zero attached hydrogens (tertiary/aromatic N) is 4. The van der Waals surface area contributed by atoms with E-state index in [0.717, 1.165) is 18.4 Å². The molecule has 40 heavy (non-hydrogen) atoms. The number of aliphatic carboxylic acids is 1. The summed E-state index contributed by atoms with van der Waals surface area (Å²) in [5, 5.41) is 10.5. The smallest absolute Gasteiger partial charge is 0.329 e. The van der Waals surface area contributed by atoms with Gasteiger partial charge in [0, 0.05) is 18.8 Å². The number of carboxylic acid groups (broad SMARTS) is 1. The first kappa shape index (κ1) is 27.5. The minimum atomic E-state index is -1.13. The van der Waals surface area contributed by atoms with E-state index in [1.54, 1.807) is 9.80 Å². The maximum Gasteiger partial charge on any atom is 0.329 e. The van der Waals surface area contributed by atoms with Crippen LogP contribution in [0.3, 0.4) is 0 Å². The van der Waals surface area contributed by atoms with E-state index in [2.05, 4.69) is 24.3 Å². The van der Waals surface area contributed by atoms with E-state index in [1.165, 1.54) is 10.5 Å². The van der Waals surface area contributed by atoms with Crippen LogP contribution in [0.4, 0.5) is 15.3 Å². The van der Waals surface area contributed by atoms with Gasteiger partial charge in [-0.1, -0.05) is 60.2 Å². The Hall–Kier alpha value is -4.07. The van der Waals surface area contributed by atoms with Crippen molar-refractivity contribution in [1.82, 2.24) is 14.7 Å². The largest absolute Gasteiger partial charge is 0.480 e. The molecule has 5 rings (SSSR count). The van der Waals surface area contributed by atoms with Crippen molar-refractivity contribution in [2.24, 2.45) is 0 Å². The van der Waals surface area contributed by atoms with Gasteiger partial charge in [0.25, 0.3) is 0 Å². The average Bonchev–Trinajstić information content (AvgIpc) is 3.56. The molecule has 3 fully saturated rings. The van der Waals surface area contributed by atoms with E-state index in [-0.39, 0.29) is 24.7 Å². The Kier molecular flexibility index (Phi) is 7.96. The molecule has 3 aliphatic rings. The van der Waals surface area contributed by atoms with Gasteiger partial charge in [-0.05, 0) is 70.2 Å². The minimum absolute atomic E-state index is 0.0258. The minimum Gasteiger partial charge on any atom is -0.480 e. The van der Waals surface area contributed by atoms with Gasteiger partial charge in [-0.25, -0.2) is 14.4 Å². The van der Waals surface area contributed by atoms with Gasteiger partial charge >= 0.3 is 18.0 Å². The highest BCUT2D eigenvalue weighted by Crippen LogP contribution is 2.40. The molecule has 8 nitrogen and oxygen atoms in total. The fraction of sp³-hybridized carbons (Fsp3) is 0.406. The molecular weight excluding hydrogens is 504 g/mol. The summed E-state index contributed by atoms with van der Waals surface area (Å²) in [7, 11) is 0. The van der Waals surface area contributed by atoms with Crippen molar-refractivity contribution < 1.29 is 19.5 Å². The van der Waals surface area contributed by atoms with Gasteiger partial charge in [-0.3, -0.25) is 4.90 Å². The molecule has 210 valence electrons. The number of fused-ring (bicyclic) bond motifs is 2. The first-order chi connectivity index (χ1) is 19.3. The number of rotatable bonds is 5. The lowest BCUT2D eigenvalue weighted by atomic mass is 10.0. The van der Waals surface area contributed by atoms with Crippen LogP contribution in [0.1, 0.15) is 56.7 Å². The second-order valence-corrected chi connectivity index (χ2v) is 10.9. The molecule has 8 heteroatoms. The van der Waals surface area contributed by atoms with Crippen molar-refractivity contribution in [3.63, 3.8) is 0 Å². The van der Waals surface area contributed by atoms with Gasteiger partial charge in [-0.2, -0.15) is 0 Å². The van der Waals surface area contributed by atoms with Crippen LogP contribution in [0.15, 0.2) is 78.5 Å². The highest BCUT2D eigenvalue weighted by atomic mass is 16.4. The standard InChI is InChI=1S/C32H38N4O4/c1-4-10-24(5-2)35(25-11-7-6-8-12-25)32(40)34-21-26-18-19-28(29(34)30(37)38)36(26)31(39)33-20-9-13-27(33)23-16-14-22(3)15-17-23/h4-8,10-12,14-17,26-29H,9,13,18-21H2,1-3H3,(H,37,38)/b10-4-,24-5+/t26-,27+,28+,29-/m0/s1. The molecule has 0 spiro atoms. The van der Waals surface area contributed by atoms with E-state index in [1.807, 2.05) is 74.2 Å². The molecule has 0 radical (unpaired) electrons. The van der Waals surface area contributed by atoms with Gasteiger partial charge in [0.1, 0.15) is 0 Å². The normalized spacial score (nSPS) is 24.6. The van der Waals surface area contributed by atoms with E-state index in [9.17, 15) is 19.5 Å². The number of carbonyl (C=O) groups excluding carboxylic acids is 2. The number of urea groups is 2. The molecular formula is C32H38N4O4. The van der Waals surface area contributed by atoms with Crippen molar-refractivity contribution in [3.05, 3.63) is 89.6 Å². The van der Waals surface area contributed by atoms with Crippen molar-refractivity contribution in [3.8, 4) is 0 Å². The van der Waals surface area contributed by atoms with Crippen molar-refractivity contribution in [2.45, 2.75) is 70.6 Å². The van der Waals surface area contributed by atoms with Gasteiger partial charge in [0.15, 0.2) is 6.04 Å². The monoisotopic (exact) mass is 542 g/mol. The molecule has 4 amide bonds. The molecule has 0 unspecified atom stereocenters. The lowest BCUT2D eigenvalue weighted by molar-refractivity contribution is -0.145. The Morgan fingerprint density at radius 2 is 1.68 bits per heavy atom. The zero-order valence-electron chi connectivity index (χ0n) is 23.4. The van der Waals surface area contributed by atoms with Gasteiger partial charge in [0.2, 0.25) is 0 Å². The number of carboxylic acids is 1. The van der Waals surface area contributed by atoms with Crippen molar-refractivity contribution in [2.75, 3.05) is 18.0 Å². The Balaban J connectivity index is 1.45. The van der Waals surface area contributed by atoms with Crippen LogP contribution in [-0.4, -0.2) is 69.1 Å². The molecule has 0 aliphatic carbocycles. The maximum absolute atomic E-state index is 14.2. The van der Waals surface area contributed by atoms with E-state index in [0.29, 0.717) is 30.8 Å². The highest BCUT2D eigenvalue weighted by molar-refractivity contribution is 5.98. The van der Waals surface area contributed by atoms with Gasteiger partial charge in [-0.15, -0.1) is 0 Å². The molecule has 3 heterocycles. The molecule has 0 saturated carbocycles. The Bertz CT molecular complexity index is 1310. The third kappa shape index (κ3) is 4.98. The number of anilines is 1. The summed E-state index contributed by atoms with van der Waals surface area (Å²) >= 11 is 0. The Morgan fingerprint density at radius 1 is 0.950 bits per heavy atom. The fourth-order valence-corrected chi connectivity index (χ4v) is 6.57. The highest BCUT2D eigenvalue weighted by Gasteiger charge is 2.55. The van der Waals surface area contributed by atoms with Crippen molar-refractivity contribution in [1.29, 1.82) is 0 Å². The number of piperazine rings is 1. The number of hydrogen-bond donors (Lipinski definition) is 1. The summed E-state index contributed by atoms with van der Waals surface area (Å²) in [6.45, 7) is 6.60. The molecule has 3 saturated heterocycles. The molecule has 4 atom stereocenters. The van der Waals surface area contributed by atoms with Crippen molar-refractivity contribution >= 4 is 23.7 Å². The number of likely N-dealkylation sites (tertiary alicyclic amines) is 2. The van der Waals surface area contributed by atoms with E-state index < -0.39 is 24.1 Å². The molecule has 3 aliphatic heterocycles. The molecule has 2 aromatic carbocycles. The SMILES string of the molecule is C/C=C\C(=C/C)N(C(=O)N1C[C@@H]2CC[C@H]([C@H]1C(=O)O)N2C(=O)N1CCC[C@@H]1c1ccc(C)cc1)c1ccccc1. The van der Waals surface area contributed by atoms with Crippen LogP contribution in [-0.2, 0) is 4.79 Å². The number of allylic oxidation sites excluding steroid dienone is 3. The third-order valence-corrected chi connectivity index (χ3v) is 8.43. The summed E-state index contributed by atoms with van der Waals surface area (Å²) in [6.07, 6.45) is 8.55. The predicted octanol–water partition coefficient (Wildman–Crippen LogP) is 5.96. The predicted molar refractivity (Wildman–Crippen MR) is 155 cm³/mol. The third-order valence-electron chi connectivity index (χ3n) is 8.43. The second-order valence-electron chi connectivity index (χ2n) is 10.9. The molecule has 2 aromatic rings. The summed E-state index contributed by atoms with van der Waals surface area (Å²) in [6, 6.07) is 15.1. The van der Waals surface area contributed by atoms with Crippen LogP contribution in [0.25, 0.3) is 0 Å². The number of aryl methyl sites for hydroxylation is 1.